The Labute approximate surface area is 108 Å². The number of carbonyl (C=O) groups is 2. The molecular weight excluding hydrogens is 252 g/mol. The van der Waals surface area contributed by atoms with Gasteiger partial charge in [0.2, 0.25) is 5.91 Å². The molecule has 1 aromatic rings. The van der Waals surface area contributed by atoms with Crippen LogP contribution in [0.3, 0.4) is 0 Å². The van der Waals surface area contributed by atoms with Crippen molar-refractivity contribution < 1.29 is 14.3 Å². The summed E-state index contributed by atoms with van der Waals surface area (Å²) >= 11 is 1.40. The first kappa shape index (κ1) is 12.6. The Balaban J connectivity index is 2.33. The van der Waals surface area contributed by atoms with Crippen LogP contribution in [0.25, 0.3) is 0 Å². The number of rotatable bonds is 3. The molecule has 0 saturated carbocycles. The van der Waals surface area contributed by atoms with E-state index in [1.54, 1.807) is 6.07 Å². The number of fused-ring (bicyclic) bond motifs is 1. The molecule has 18 heavy (non-hydrogen) atoms. The van der Waals surface area contributed by atoms with Gasteiger partial charge in [-0.05, 0) is 24.8 Å². The Kier molecular flexibility index (Phi) is 3.63. The first-order chi connectivity index (χ1) is 8.67. The quantitative estimate of drug-likeness (QED) is 0.845. The summed E-state index contributed by atoms with van der Waals surface area (Å²) in [6.07, 6.45) is 2.57. The minimum atomic E-state index is -0.429. The van der Waals surface area contributed by atoms with Gasteiger partial charge in [-0.2, -0.15) is 5.26 Å². The molecule has 0 bridgehead atoms. The third-order valence-corrected chi connectivity index (χ3v) is 4.01. The molecule has 2 rings (SSSR count). The second-order valence-electron chi connectivity index (χ2n) is 3.94. The highest BCUT2D eigenvalue weighted by atomic mass is 32.1. The second-order valence-corrected chi connectivity index (χ2v) is 5.04. The topological polar surface area (TPSA) is 79.2 Å². The van der Waals surface area contributed by atoms with Crippen molar-refractivity contribution in [1.29, 1.82) is 5.26 Å². The van der Waals surface area contributed by atoms with E-state index in [2.05, 4.69) is 5.32 Å². The molecule has 0 saturated heterocycles. The molecule has 1 heterocycles. The van der Waals surface area contributed by atoms with Crippen molar-refractivity contribution in [2.75, 3.05) is 12.4 Å². The maximum atomic E-state index is 11.8. The predicted molar refractivity (Wildman–Crippen MR) is 66.5 cm³/mol. The van der Waals surface area contributed by atoms with Crippen LogP contribution in [0.4, 0.5) is 5.00 Å². The number of thiophene rings is 1. The number of esters is 1. The number of anilines is 1. The number of nitrogens with zero attached hydrogens (tertiary/aromatic N) is 1. The van der Waals surface area contributed by atoms with Gasteiger partial charge in [-0.3, -0.25) is 4.79 Å². The summed E-state index contributed by atoms with van der Waals surface area (Å²) in [6.45, 7) is 0. The molecule has 1 N–H and O–H groups in total. The molecule has 0 fully saturated rings. The number of nitriles is 1. The van der Waals surface area contributed by atoms with Gasteiger partial charge in [0, 0.05) is 4.88 Å². The minimum Gasteiger partial charge on any atom is -0.465 e. The third kappa shape index (κ3) is 2.22. The molecular formula is C12H12N2O3S. The van der Waals surface area contributed by atoms with Crippen LogP contribution < -0.4 is 5.32 Å². The molecule has 0 unspecified atom stereocenters. The van der Waals surface area contributed by atoms with Gasteiger partial charge in [0.1, 0.15) is 11.4 Å². The van der Waals surface area contributed by atoms with Gasteiger partial charge in [0.05, 0.1) is 18.7 Å². The molecule has 5 nitrogen and oxygen atoms in total. The van der Waals surface area contributed by atoms with Gasteiger partial charge in [-0.1, -0.05) is 0 Å². The lowest BCUT2D eigenvalue weighted by molar-refractivity contribution is -0.115. The van der Waals surface area contributed by atoms with Gasteiger partial charge in [0.25, 0.3) is 0 Å². The summed E-state index contributed by atoms with van der Waals surface area (Å²) in [5, 5.41) is 11.6. The molecule has 1 aromatic heterocycles. The Hall–Kier alpha value is -1.87. The molecule has 0 aromatic carbocycles. The van der Waals surface area contributed by atoms with E-state index in [4.69, 9.17) is 10.00 Å². The molecule has 1 amide bonds. The lowest BCUT2D eigenvalue weighted by Gasteiger charge is -2.05. The summed E-state index contributed by atoms with van der Waals surface area (Å²) < 4.78 is 4.75. The summed E-state index contributed by atoms with van der Waals surface area (Å²) in [4.78, 5) is 24.3. The minimum absolute atomic E-state index is 0.219. The molecule has 0 aliphatic heterocycles. The Bertz CT molecular complexity index is 542. The molecule has 0 radical (unpaired) electrons. The molecule has 1 aliphatic carbocycles. The normalized spacial score (nSPS) is 12.7. The number of hydrogen-bond acceptors (Lipinski definition) is 5. The maximum Gasteiger partial charge on any atom is 0.341 e. The fourth-order valence-electron chi connectivity index (χ4n) is 2.05. The van der Waals surface area contributed by atoms with E-state index in [0.717, 1.165) is 29.7 Å². The van der Waals surface area contributed by atoms with Crippen molar-refractivity contribution in [3.8, 4) is 6.07 Å². The van der Waals surface area contributed by atoms with Gasteiger partial charge in [-0.15, -0.1) is 11.3 Å². The smallest absolute Gasteiger partial charge is 0.341 e. The van der Waals surface area contributed by atoms with Gasteiger partial charge in [0.15, 0.2) is 0 Å². The Morgan fingerprint density at radius 3 is 2.94 bits per heavy atom. The van der Waals surface area contributed by atoms with Crippen molar-refractivity contribution in [3.63, 3.8) is 0 Å². The van der Waals surface area contributed by atoms with Gasteiger partial charge < -0.3 is 10.1 Å². The number of ether oxygens (including phenoxy) is 1. The van der Waals surface area contributed by atoms with Crippen LogP contribution in [0.2, 0.25) is 0 Å². The summed E-state index contributed by atoms with van der Waals surface area (Å²) in [5.41, 5.74) is 1.44. The van der Waals surface area contributed by atoms with Crippen molar-refractivity contribution in [2.45, 2.75) is 25.7 Å². The fourth-order valence-corrected chi connectivity index (χ4v) is 3.35. The average molecular weight is 264 g/mol. The highest BCUT2D eigenvalue weighted by molar-refractivity contribution is 7.17. The molecule has 94 valence electrons. The number of carbonyl (C=O) groups excluding carboxylic acids is 2. The zero-order valence-electron chi connectivity index (χ0n) is 9.91. The van der Waals surface area contributed by atoms with Crippen molar-refractivity contribution in [2.24, 2.45) is 0 Å². The zero-order chi connectivity index (χ0) is 13.1. The Morgan fingerprint density at radius 2 is 2.28 bits per heavy atom. The van der Waals surface area contributed by atoms with Crippen LogP contribution in [0.15, 0.2) is 0 Å². The number of aryl methyl sites for hydroxylation is 1. The summed E-state index contributed by atoms with van der Waals surface area (Å²) in [6, 6.07) is 1.78. The maximum absolute atomic E-state index is 11.8. The van der Waals surface area contributed by atoms with E-state index in [1.807, 2.05) is 0 Å². The van der Waals surface area contributed by atoms with E-state index in [0.29, 0.717) is 10.6 Å². The first-order valence-electron chi connectivity index (χ1n) is 5.57. The zero-order valence-corrected chi connectivity index (χ0v) is 10.7. The SMILES string of the molecule is COC(=O)c1c(NC(=O)CC#N)sc2c1CCC2. The van der Waals surface area contributed by atoms with E-state index < -0.39 is 11.9 Å². The number of nitrogens with one attached hydrogen (secondary N) is 1. The lowest BCUT2D eigenvalue weighted by atomic mass is 10.1. The van der Waals surface area contributed by atoms with E-state index >= 15 is 0 Å². The highest BCUT2D eigenvalue weighted by Crippen LogP contribution is 2.39. The van der Waals surface area contributed by atoms with E-state index in [9.17, 15) is 9.59 Å². The Morgan fingerprint density at radius 1 is 1.50 bits per heavy atom. The van der Waals surface area contributed by atoms with E-state index in [-0.39, 0.29) is 6.42 Å². The van der Waals surface area contributed by atoms with Crippen molar-refractivity contribution in [1.82, 2.24) is 0 Å². The predicted octanol–water partition coefficient (Wildman–Crippen LogP) is 1.88. The van der Waals surface area contributed by atoms with Crippen LogP contribution in [-0.2, 0) is 22.4 Å². The summed E-state index contributed by atoms with van der Waals surface area (Å²) in [7, 11) is 1.32. The standard InChI is InChI=1S/C12H12N2O3S/c1-17-12(16)10-7-3-2-4-8(7)18-11(10)14-9(15)5-6-13/h2-5H2,1H3,(H,14,15). The monoisotopic (exact) mass is 264 g/mol. The highest BCUT2D eigenvalue weighted by Gasteiger charge is 2.27. The molecule has 6 heteroatoms. The largest absolute Gasteiger partial charge is 0.465 e. The van der Waals surface area contributed by atoms with Crippen LogP contribution >= 0.6 is 11.3 Å². The van der Waals surface area contributed by atoms with Gasteiger partial charge >= 0.3 is 5.97 Å². The number of amides is 1. The molecule has 0 spiro atoms. The first-order valence-corrected chi connectivity index (χ1v) is 6.38. The molecule has 1 aliphatic rings. The van der Waals surface area contributed by atoms with Crippen molar-refractivity contribution >= 4 is 28.2 Å². The number of methoxy groups -OCH3 is 1. The summed E-state index contributed by atoms with van der Waals surface area (Å²) in [5.74, 6) is -0.829. The lowest BCUT2D eigenvalue weighted by Crippen LogP contribution is -2.13. The van der Waals surface area contributed by atoms with Crippen LogP contribution in [-0.4, -0.2) is 19.0 Å². The van der Waals surface area contributed by atoms with Crippen LogP contribution in [0.5, 0.6) is 0 Å². The third-order valence-electron chi connectivity index (χ3n) is 2.80. The molecule has 0 atom stereocenters. The average Bonchev–Trinajstić information content (AvgIpc) is 2.88. The van der Waals surface area contributed by atoms with Crippen LogP contribution in [0, 0.1) is 11.3 Å². The van der Waals surface area contributed by atoms with Gasteiger partial charge in [-0.25, -0.2) is 4.79 Å². The second kappa shape index (κ2) is 5.19. The van der Waals surface area contributed by atoms with E-state index in [1.165, 1.54) is 18.4 Å². The number of hydrogen-bond donors (Lipinski definition) is 1. The van der Waals surface area contributed by atoms with Crippen LogP contribution in [0.1, 0.15) is 33.6 Å². The van der Waals surface area contributed by atoms with Crippen molar-refractivity contribution in [3.05, 3.63) is 16.0 Å². The fraction of sp³-hybridized carbons (Fsp3) is 0.417.